The first kappa shape index (κ1) is 21.8. The van der Waals surface area contributed by atoms with Crippen LogP contribution in [0.3, 0.4) is 0 Å². The van der Waals surface area contributed by atoms with E-state index in [1.54, 1.807) is 0 Å². The van der Waals surface area contributed by atoms with Gasteiger partial charge in [-0.3, -0.25) is 9.48 Å². The topological polar surface area (TPSA) is 69.0 Å². The third-order valence-corrected chi connectivity index (χ3v) is 6.48. The van der Waals surface area contributed by atoms with Crippen molar-refractivity contribution < 1.29 is 18.3 Å². The maximum atomic E-state index is 13.7. The number of fused-ring (bicyclic) bond motifs is 1. The van der Waals surface area contributed by atoms with Crippen molar-refractivity contribution in [1.29, 1.82) is 0 Å². The number of halogens is 2. The molecule has 2 aliphatic carbocycles. The zero-order chi connectivity index (χ0) is 23.2. The van der Waals surface area contributed by atoms with Crippen molar-refractivity contribution in [1.82, 2.24) is 14.8 Å². The van der Waals surface area contributed by atoms with Gasteiger partial charge >= 0.3 is 0 Å². The smallest absolute Gasteiger partial charge is 0.287 e. The fourth-order valence-corrected chi connectivity index (χ4v) is 4.32. The van der Waals surface area contributed by atoms with E-state index < -0.39 is 17.5 Å². The van der Waals surface area contributed by atoms with E-state index in [1.807, 2.05) is 23.0 Å². The van der Waals surface area contributed by atoms with Crippen LogP contribution in [0, 0.1) is 5.92 Å². The van der Waals surface area contributed by atoms with Gasteiger partial charge < -0.3 is 10.1 Å². The van der Waals surface area contributed by atoms with E-state index >= 15 is 0 Å². The third-order valence-electron chi connectivity index (χ3n) is 6.48. The molecule has 0 spiro atoms. The van der Waals surface area contributed by atoms with Crippen LogP contribution in [0.5, 0.6) is 5.75 Å². The van der Waals surface area contributed by atoms with Crippen LogP contribution >= 0.6 is 0 Å². The van der Waals surface area contributed by atoms with E-state index in [9.17, 15) is 13.6 Å². The monoisotopic (exact) mass is 454 g/mol. The number of rotatable bonds is 6. The highest BCUT2D eigenvalue weighted by molar-refractivity contribution is 6.05. The van der Waals surface area contributed by atoms with Crippen LogP contribution in [0.15, 0.2) is 36.5 Å². The van der Waals surface area contributed by atoms with Crippen LogP contribution in [0.2, 0.25) is 0 Å². The average Bonchev–Trinajstić information content (AvgIpc) is 3.50. The number of benzene rings is 1. The summed E-state index contributed by atoms with van der Waals surface area (Å²) in [6.45, 7) is 3.05. The predicted molar refractivity (Wildman–Crippen MR) is 122 cm³/mol. The predicted octanol–water partition coefficient (Wildman–Crippen LogP) is 6.09. The van der Waals surface area contributed by atoms with Crippen LogP contribution < -0.4 is 10.1 Å². The molecule has 0 atom stereocenters. The Morgan fingerprint density at radius 2 is 1.91 bits per heavy atom. The van der Waals surface area contributed by atoms with Crippen molar-refractivity contribution in [3.8, 4) is 5.75 Å². The van der Waals surface area contributed by atoms with Crippen LogP contribution in [0.25, 0.3) is 10.9 Å². The first-order valence-electron chi connectivity index (χ1n) is 11.6. The molecule has 8 heteroatoms. The number of nitrogens with one attached hydrogen (secondary N) is 1. The Balaban J connectivity index is 1.44. The molecule has 2 saturated carbocycles. The van der Waals surface area contributed by atoms with Crippen molar-refractivity contribution in [2.24, 2.45) is 5.92 Å². The number of ether oxygens (including phenoxy) is 1. The molecule has 2 heterocycles. The van der Waals surface area contributed by atoms with Crippen LogP contribution in [-0.2, 0) is 5.92 Å². The molecule has 33 heavy (non-hydrogen) atoms. The number of anilines is 1. The van der Waals surface area contributed by atoms with Gasteiger partial charge in [-0.15, -0.1) is 0 Å². The lowest BCUT2D eigenvalue weighted by Crippen LogP contribution is -2.18. The Morgan fingerprint density at radius 1 is 1.15 bits per heavy atom. The number of pyridine rings is 1. The molecule has 0 radical (unpaired) electrons. The summed E-state index contributed by atoms with van der Waals surface area (Å²) in [6, 6.07) is 8.13. The van der Waals surface area contributed by atoms with Gasteiger partial charge in [0.1, 0.15) is 17.1 Å². The Hall–Kier alpha value is -3.03. The van der Waals surface area contributed by atoms with Crippen molar-refractivity contribution in [2.45, 2.75) is 70.4 Å². The molecule has 174 valence electrons. The molecule has 2 fully saturated rings. The lowest BCUT2D eigenvalue weighted by molar-refractivity contribution is 0.0126. The highest BCUT2D eigenvalue weighted by Gasteiger charge is 2.28. The molecule has 1 aromatic carbocycles. The van der Waals surface area contributed by atoms with Crippen molar-refractivity contribution in [3.63, 3.8) is 0 Å². The normalized spacial score (nSPS) is 21.2. The number of amides is 1. The minimum Gasteiger partial charge on any atom is -0.488 e. The lowest BCUT2D eigenvalue weighted by Gasteiger charge is -2.26. The number of hydrogen-bond acceptors (Lipinski definition) is 4. The summed E-state index contributed by atoms with van der Waals surface area (Å²) in [5.74, 6) is -2.39. The quantitative estimate of drug-likeness (QED) is 0.490. The summed E-state index contributed by atoms with van der Waals surface area (Å²) in [5, 5.41) is 8.51. The van der Waals surface area contributed by atoms with E-state index in [-0.39, 0.29) is 11.8 Å². The van der Waals surface area contributed by atoms with Crippen molar-refractivity contribution >= 4 is 22.5 Å². The molecule has 6 nitrogen and oxygen atoms in total. The van der Waals surface area contributed by atoms with Gasteiger partial charge in [-0.1, -0.05) is 13.0 Å². The van der Waals surface area contributed by atoms with Crippen LogP contribution in [-0.4, -0.2) is 26.8 Å². The van der Waals surface area contributed by atoms with Crippen molar-refractivity contribution in [3.05, 3.63) is 47.9 Å². The summed E-state index contributed by atoms with van der Waals surface area (Å²) in [5.41, 5.74) is 0.793. The van der Waals surface area contributed by atoms with E-state index in [1.165, 1.54) is 31.0 Å². The zero-order valence-corrected chi connectivity index (χ0v) is 18.9. The maximum Gasteiger partial charge on any atom is 0.287 e. The summed E-state index contributed by atoms with van der Waals surface area (Å²) in [6.07, 6.45) is 8.68. The van der Waals surface area contributed by atoms with Crippen LogP contribution in [0.4, 0.5) is 14.5 Å². The third kappa shape index (κ3) is 4.84. The molecule has 1 N–H and O–H groups in total. The standard InChI is InChI=1S/C25H28F2N4O2/c1-15-6-8-17(9-7-15)31-14-16-12-21(22(13-20(16)30-31)33-18-10-11-18)29-24(32)19-4-3-5-23(28-19)25(2,26)27/h3-5,12-15,17-18H,6-11H2,1-2H3,(H,29,32). The highest BCUT2D eigenvalue weighted by atomic mass is 19.3. The molecule has 0 bridgehead atoms. The molecule has 1 amide bonds. The Labute approximate surface area is 191 Å². The Bertz CT molecular complexity index is 1170. The van der Waals surface area contributed by atoms with Gasteiger partial charge in [0.15, 0.2) is 0 Å². The summed E-state index contributed by atoms with van der Waals surface area (Å²) >= 11 is 0. The van der Waals surface area contributed by atoms with Gasteiger partial charge in [0.2, 0.25) is 0 Å². The fourth-order valence-electron chi connectivity index (χ4n) is 4.32. The Morgan fingerprint density at radius 3 is 2.61 bits per heavy atom. The number of hydrogen-bond donors (Lipinski definition) is 1. The summed E-state index contributed by atoms with van der Waals surface area (Å²) in [7, 11) is 0. The van der Waals surface area contributed by atoms with Crippen LogP contribution in [0.1, 0.15) is 74.6 Å². The molecule has 3 aromatic rings. The molecule has 0 unspecified atom stereocenters. The summed E-state index contributed by atoms with van der Waals surface area (Å²) in [4.78, 5) is 16.7. The van der Waals surface area contributed by atoms with Gasteiger partial charge in [-0.25, -0.2) is 4.98 Å². The van der Waals surface area contributed by atoms with Crippen molar-refractivity contribution in [2.75, 3.05) is 5.32 Å². The largest absolute Gasteiger partial charge is 0.488 e. The summed E-state index contributed by atoms with van der Waals surface area (Å²) < 4.78 is 35.4. The molecule has 0 aliphatic heterocycles. The average molecular weight is 455 g/mol. The number of alkyl halides is 2. The lowest BCUT2D eigenvalue weighted by atomic mass is 9.87. The Kier molecular flexibility index (Phi) is 5.54. The van der Waals surface area contributed by atoms with Gasteiger partial charge in [-0.2, -0.15) is 13.9 Å². The van der Waals surface area contributed by atoms with Gasteiger partial charge in [0, 0.05) is 24.6 Å². The molecular weight excluding hydrogens is 426 g/mol. The second-order valence-corrected chi connectivity index (χ2v) is 9.50. The SMILES string of the molecule is CC1CCC(n2cc3cc(NC(=O)c4cccc(C(C)(F)F)n4)c(OC4CC4)cc3n2)CC1. The number of aromatic nitrogens is 3. The molecule has 2 aliphatic rings. The minimum absolute atomic E-state index is 0.0708. The first-order chi connectivity index (χ1) is 15.8. The van der Waals surface area contributed by atoms with E-state index in [2.05, 4.69) is 17.2 Å². The van der Waals surface area contributed by atoms with E-state index in [0.29, 0.717) is 17.5 Å². The number of nitrogens with zero attached hydrogens (tertiary/aromatic N) is 3. The number of carbonyl (C=O) groups excluding carboxylic acids is 1. The minimum atomic E-state index is -3.12. The molecule has 2 aromatic heterocycles. The maximum absolute atomic E-state index is 13.7. The van der Waals surface area contributed by atoms with Gasteiger partial charge in [0.05, 0.1) is 23.3 Å². The van der Waals surface area contributed by atoms with Gasteiger partial charge in [-0.05, 0) is 62.6 Å². The van der Waals surface area contributed by atoms with Gasteiger partial charge in [0.25, 0.3) is 11.8 Å². The molecule has 5 rings (SSSR count). The fraction of sp³-hybridized carbons (Fsp3) is 0.480. The number of carbonyl (C=O) groups is 1. The molecule has 0 saturated heterocycles. The highest BCUT2D eigenvalue weighted by Crippen LogP contribution is 2.37. The second kappa shape index (κ2) is 8.39. The zero-order valence-electron chi connectivity index (χ0n) is 18.9. The second-order valence-electron chi connectivity index (χ2n) is 9.50. The molecular formula is C25H28F2N4O2. The van der Waals surface area contributed by atoms with E-state index in [0.717, 1.165) is 49.4 Å². The van der Waals surface area contributed by atoms with E-state index in [4.69, 9.17) is 9.84 Å². The first-order valence-corrected chi connectivity index (χ1v) is 11.6.